The molecule has 34 heavy (non-hydrogen) atoms. The number of hydrogen-bond acceptors (Lipinski definition) is 7. The van der Waals surface area contributed by atoms with Crippen molar-refractivity contribution in [3.05, 3.63) is 59.2 Å². The molecule has 0 aliphatic carbocycles. The van der Waals surface area contributed by atoms with Crippen LogP contribution in [0.4, 0.5) is 0 Å². The van der Waals surface area contributed by atoms with Gasteiger partial charge in [-0.1, -0.05) is 25.1 Å². The molecule has 1 fully saturated rings. The van der Waals surface area contributed by atoms with Crippen molar-refractivity contribution >= 4 is 17.4 Å². The summed E-state index contributed by atoms with van der Waals surface area (Å²) >= 11 is 0. The first-order valence-electron chi connectivity index (χ1n) is 11.3. The maximum atomic E-state index is 13.2. The average molecular weight is 469 g/mol. The second-order valence-corrected chi connectivity index (χ2v) is 8.46. The fourth-order valence-corrected chi connectivity index (χ4v) is 3.99. The molecule has 2 N–H and O–H groups in total. The number of aliphatic hydroxyl groups excluding tert-OH is 1. The number of phenolic OH excluding ortho intramolecular Hbond substituents is 1. The summed E-state index contributed by atoms with van der Waals surface area (Å²) in [4.78, 5) is 29.7. The molecule has 182 valence electrons. The zero-order valence-corrected chi connectivity index (χ0v) is 20.1. The molecule has 2 aromatic carbocycles. The first-order chi connectivity index (χ1) is 16.3. The third-order valence-corrected chi connectivity index (χ3v) is 5.64. The number of likely N-dealkylation sites (tertiary alicyclic amines) is 1. The Morgan fingerprint density at radius 1 is 1.15 bits per heavy atom. The number of ketones is 1. The molecular formula is C26H32N2O6. The molecule has 8 nitrogen and oxygen atoms in total. The van der Waals surface area contributed by atoms with E-state index in [0.29, 0.717) is 36.4 Å². The van der Waals surface area contributed by atoms with Gasteiger partial charge >= 0.3 is 0 Å². The van der Waals surface area contributed by atoms with Crippen molar-refractivity contribution in [2.24, 2.45) is 0 Å². The molecule has 0 aromatic heterocycles. The summed E-state index contributed by atoms with van der Waals surface area (Å²) in [5, 5.41) is 21.3. The number of benzene rings is 2. The molecule has 1 heterocycles. The lowest BCUT2D eigenvalue weighted by Crippen LogP contribution is -2.32. The number of nitrogens with zero attached hydrogens (tertiary/aromatic N) is 2. The Balaban J connectivity index is 2.11. The van der Waals surface area contributed by atoms with Crippen LogP contribution in [0.15, 0.2) is 48.0 Å². The van der Waals surface area contributed by atoms with Gasteiger partial charge < -0.3 is 29.5 Å². The molecule has 0 bridgehead atoms. The summed E-state index contributed by atoms with van der Waals surface area (Å²) < 4.78 is 10.9. The first kappa shape index (κ1) is 25.1. The van der Waals surface area contributed by atoms with Gasteiger partial charge in [0.25, 0.3) is 11.7 Å². The number of hydrogen-bond donors (Lipinski definition) is 2. The average Bonchev–Trinajstić information content (AvgIpc) is 3.07. The van der Waals surface area contributed by atoms with Gasteiger partial charge in [-0.2, -0.15) is 0 Å². The van der Waals surface area contributed by atoms with Crippen LogP contribution in [0.1, 0.15) is 36.9 Å². The highest BCUT2D eigenvalue weighted by atomic mass is 16.5. The van der Waals surface area contributed by atoms with Gasteiger partial charge in [-0.15, -0.1) is 0 Å². The number of aliphatic hydroxyl groups is 1. The molecular weight excluding hydrogens is 436 g/mol. The Labute approximate surface area is 200 Å². The predicted molar refractivity (Wildman–Crippen MR) is 129 cm³/mol. The van der Waals surface area contributed by atoms with Crippen LogP contribution < -0.4 is 9.47 Å². The van der Waals surface area contributed by atoms with Crippen LogP contribution >= 0.6 is 0 Å². The lowest BCUT2D eigenvalue weighted by Gasteiger charge is -2.26. The van der Waals surface area contributed by atoms with Gasteiger partial charge in [-0.05, 0) is 63.3 Å². The van der Waals surface area contributed by atoms with E-state index in [9.17, 15) is 19.8 Å². The summed E-state index contributed by atoms with van der Waals surface area (Å²) in [7, 11) is 5.29. The summed E-state index contributed by atoms with van der Waals surface area (Å²) in [5.41, 5.74) is 0.935. The van der Waals surface area contributed by atoms with E-state index >= 15 is 0 Å². The van der Waals surface area contributed by atoms with Crippen molar-refractivity contribution in [3.63, 3.8) is 0 Å². The van der Waals surface area contributed by atoms with E-state index in [1.807, 2.05) is 25.9 Å². The first-order valence-corrected chi connectivity index (χ1v) is 11.3. The Hall–Kier alpha value is -3.52. The molecule has 1 amide bonds. The molecule has 1 saturated heterocycles. The van der Waals surface area contributed by atoms with Crippen LogP contribution in [0, 0.1) is 0 Å². The maximum absolute atomic E-state index is 13.2. The summed E-state index contributed by atoms with van der Waals surface area (Å²) in [6.07, 6.45) is 1.48. The van der Waals surface area contributed by atoms with E-state index in [-0.39, 0.29) is 22.8 Å². The molecule has 3 rings (SSSR count). The number of methoxy groups -OCH3 is 1. The van der Waals surface area contributed by atoms with E-state index in [1.54, 1.807) is 36.4 Å². The minimum Gasteiger partial charge on any atom is -0.507 e. The standard InChI is InChI=1S/C26H32N2O6/c1-5-14-34-19-9-6-8-18(15-19)24(30)22-23(17-10-11-20(29)21(16-17)33-4)28(26(32)25(22)31)13-7-12-27(2)3/h6,8-11,15-16,23,29-30H,5,7,12-14H2,1-4H3. The van der Waals surface area contributed by atoms with Gasteiger partial charge in [0.15, 0.2) is 11.5 Å². The minimum absolute atomic E-state index is 0.00441. The minimum atomic E-state index is -0.822. The summed E-state index contributed by atoms with van der Waals surface area (Å²) in [6, 6.07) is 10.7. The van der Waals surface area contributed by atoms with E-state index in [4.69, 9.17) is 9.47 Å². The monoisotopic (exact) mass is 468 g/mol. The molecule has 8 heteroatoms. The third kappa shape index (κ3) is 5.34. The molecule has 2 aromatic rings. The zero-order chi connectivity index (χ0) is 24.8. The Bertz CT molecular complexity index is 1080. The largest absolute Gasteiger partial charge is 0.507 e. The van der Waals surface area contributed by atoms with Crippen molar-refractivity contribution in [1.29, 1.82) is 0 Å². The number of carbonyl (C=O) groups excluding carboxylic acids is 2. The highest BCUT2D eigenvalue weighted by Crippen LogP contribution is 2.42. The van der Waals surface area contributed by atoms with Crippen LogP contribution in [0.3, 0.4) is 0 Å². The van der Waals surface area contributed by atoms with Gasteiger partial charge in [0.2, 0.25) is 0 Å². The zero-order valence-electron chi connectivity index (χ0n) is 20.1. The van der Waals surface area contributed by atoms with Gasteiger partial charge in [0.05, 0.1) is 25.3 Å². The van der Waals surface area contributed by atoms with Crippen molar-refractivity contribution in [3.8, 4) is 17.2 Å². The number of rotatable bonds is 10. The highest BCUT2D eigenvalue weighted by Gasteiger charge is 2.46. The van der Waals surface area contributed by atoms with Crippen molar-refractivity contribution < 1.29 is 29.3 Å². The van der Waals surface area contributed by atoms with Gasteiger partial charge in [0, 0.05) is 12.1 Å². The highest BCUT2D eigenvalue weighted by molar-refractivity contribution is 6.46. The Morgan fingerprint density at radius 3 is 2.59 bits per heavy atom. The van der Waals surface area contributed by atoms with Crippen molar-refractivity contribution in [2.45, 2.75) is 25.8 Å². The van der Waals surface area contributed by atoms with Gasteiger partial charge in [0.1, 0.15) is 11.5 Å². The number of phenols is 1. The normalized spacial score (nSPS) is 17.4. The van der Waals surface area contributed by atoms with Gasteiger partial charge in [-0.3, -0.25) is 9.59 Å². The lowest BCUT2D eigenvalue weighted by molar-refractivity contribution is -0.139. The van der Waals surface area contributed by atoms with Crippen LogP contribution in [0.5, 0.6) is 17.2 Å². The summed E-state index contributed by atoms with van der Waals surface area (Å²) in [5.74, 6) is -0.973. The number of ether oxygens (including phenoxy) is 2. The second-order valence-electron chi connectivity index (χ2n) is 8.46. The number of amides is 1. The van der Waals surface area contributed by atoms with Crippen molar-refractivity contribution in [2.75, 3.05) is 40.9 Å². The molecule has 1 aliphatic rings. The summed E-state index contributed by atoms with van der Waals surface area (Å²) in [6.45, 7) is 3.57. The van der Waals surface area contributed by atoms with Crippen LogP contribution in [0.25, 0.3) is 5.76 Å². The predicted octanol–water partition coefficient (Wildman–Crippen LogP) is 3.56. The molecule has 0 saturated carbocycles. The van der Waals surface area contributed by atoms with E-state index in [2.05, 4.69) is 0 Å². The fraction of sp³-hybridized carbons (Fsp3) is 0.385. The second kappa shape index (κ2) is 11.1. The SMILES string of the molecule is CCCOc1cccc(C(O)=C2C(=O)C(=O)N(CCCN(C)C)C2c2ccc(O)c(OC)c2)c1. The number of Topliss-reactive ketones (excluding diaryl/α,β-unsaturated/α-hetero) is 1. The topological polar surface area (TPSA) is 99.5 Å². The fourth-order valence-electron chi connectivity index (χ4n) is 3.99. The maximum Gasteiger partial charge on any atom is 0.295 e. The molecule has 1 aliphatic heterocycles. The number of carbonyl (C=O) groups is 2. The van der Waals surface area contributed by atoms with E-state index in [1.165, 1.54) is 18.1 Å². The quantitative estimate of drug-likeness (QED) is 0.312. The Morgan fingerprint density at radius 2 is 1.91 bits per heavy atom. The molecule has 1 unspecified atom stereocenters. The van der Waals surface area contributed by atoms with Crippen LogP contribution in [0.2, 0.25) is 0 Å². The van der Waals surface area contributed by atoms with E-state index < -0.39 is 17.7 Å². The van der Waals surface area contributed by atoms with Crippen LogP contribution in [-0.2, 0) is 9.59 Å². The molecule has 0 spiro atoms. The van der Waals surface area contributed by atoms with Crippen molar-refractivity contribution in [1.82, 2.24) is 9.80 Å². The lowest BCUT2D eigenvalue weighted by atomic mass is 9.95. The smallest absolute Gasteiger partial charge is 0.295 e. The molecule has 1 atom stereocenters. The van der Waals surface area contributed by atoms with E-state index in [0.717, 1.165) is 13.0 Å². The molecule has 0 radical (unpaired) electrons. The van der Waals surface area contributed by atoms with Gasteiger partial charge in [-0.25, -0.2) is 0 Å². The Kier molecular flexibility index (Phi) is 8.17. The number of aromatic hydroxyl groups is 1. The third-order valence-electron chi connectivity index (χ3n) is 5.64. The van der Waals surface area contributed by atoms with Crippen LogP contribution in [-0.4, -0.2) is 72.6 Å².